The number of carbonyl (C=O) groups is 1. The minimum Gasteiger partial charge on any atom is -0.477 e. The molecule has 0 saturated carbocycles. The highest BCUT2D eigenvalue weighted by Gasteiger charge is 2.18. The van der Waals surface area contributed by atoms with Crippen LogP contribution in [0, 0.1) is 5.82 Å². The standard InChI is InChI=1S/C14H13FN2O3/c1-8(2)10-6-12(17-7-16-10)20-11-5-3-4-9(15)13(11)14(18)19/h3-8H,1-2H3,(H,18,19). The summed E-state index contributed by atoms with van der Waals surface area (Å²) in [7, 11) is 0. The summed E-state index contributed by atoms with van der Waals surface area (Å²) in [6.45, 7) is 3.91. The lowest BCUT2D eigenvalue weighted by Crippen LogP contribution is -2.04. The molecule has 1 aromatic carbocycles. The van der Waals surface area contributed by atoms with Crippen molar-refractivity contribution >= 4 is 5.97 Å². The number of rotatable bonds is 4. The Morgan fingerprint density at radius 3 is 2.75 bits per heavy atom. The van der Waals surface area contributed by atoms with Crippen LogP contribution in [-0.4, -0.2) is 21.0 Å². The van der Waals surface area contributed by atoms with Crippen LogP contribution in [0.3, 0.4) is 0 Å². The summed E-state index contributed by atoms with van der Waals surface area (Å²) in [4.78, 5) is 19.0. The topological polar surface area (TPSA) is 72.3 Å². The molecule has 5 nitrogen and oxygen atoms in total. The number of aromatic carboxylic acids is 1. The lowest BCUT2D eigenvalue weighted by atomic mass is 10.1. The maximum atomic E-state index is 13.5. The fourth-order valence-electron chi connectivity index (χ4n) is 1.63. The summed E-state index contributed by atoms with van der Waals surface area (Å²) in [6, 6.07) is 5.42. The van der Waals surface area contributed by atoms with Gasteiger partial charge >= 0.3 is 5.97 Å². The van der Waals surface area contributed by atoms with Crippen molar-refractivity contribution in [1.82, 2.24) is 9.97 Å². The predicted octanol–water partition coefficient (Wildman–Crippen LogP) is 3.23. The maximum Gasteiger partial charge on any atom is 0.342 e. The van der Waals surface area contributed by atoms with E-state index in [1.54, 1.807) is 6.07 Å². The summed E-state index contributed by atoms with van der Waals surface area (Å²) in [5.74, 6) is -1.99. The highest BCUT2D eigenvalue weighted by atomic mass is 19.1. The number of nitrogens with zero attached hydrogens (tertiary/aromatic N) is 2. The first-order valence-electron chi connectivity index (χ1n) is 6.00. The molecule has 0 amide bonds. The SMILES string of the molecule is CC(C)c1cc(Oc2cccc(F)c2C(=O)O)ncn1. The summed E-state index contributed by atoms with van der Waals surface area (Å²) in [5, 5.41) is 9.01. The van der Waals surface area contributed by atoms with Gasteiger partial charge in [0.25, 0.3) is 0 Å². The molecule has 2 rings (SSSR count). The van der Waals surface area contributed by atoms with Crippen molar-refractivity contribution in [1.29, 1.82) is 0 Å². The van der Waals surface area contributed by atoms with E-state index in [-0.39, 0.29) is 17.5 Å². The minimum absolute atomic E-state index is 0.0918. The van der Waals surface area contributed by atoms with Crippen LogP contribution < -0.4 is 4.74 Å². The van der Waals surface area contributed by atoms with Crippen LogP contribution in [0.5, 0.6) is 11.6 Å². The zero-order chi connectivity index (χ0) is 14.7. The zero-order valence-corrected chi connectivity index (χ0v) is 11.0. The molecule has 0 saturated heterocycles. The molecular weight excluding hydrogens is 263 g/mol. The lowest BCUT2D eigenvalue weighted by Gasteiger charge is -2.10. The van der Waals surface area contributed by atoms with Crippen LogP contribution in [-0.2, 0) is 0 Å². The van der Waals surface area contributed by atoms with Crippen molar-refractivity contribution in [3.05, 3.63) is 47.7 Å². The Kier molecular flexibility index (Phi) is 3.93. The molecule has 1 aromatic heterocycles. The molecule has 0 bridgehead atoms. The van der Waals surface area contributed by atoms with Gasteiger partial charge in [0.1, 0.15) is 23.5 Å². The number of aromatic nitrogens is 2. The van der Waals surface area contributed by atoms with Crippen molar-refractivity contribution in [3.8, 4) is 11.6 Å². The molecule has 1 heterocycles. The van der Waals surface area contributed by atoms with Crippen LogP contribution >= 0.6 is 0 Å². The Morgan fingerprint density at radius 1 is 1.35 bits per heavy atom. The third kappa shape index (κ3) is 2.90. The highest BCUT2D eigenvalue weighted by Crippen LogP contribution is 2.27. The van der Waals surface area contributed by atoms with Crippen LogP contribution in [0.25, 0.3) is 0 Å². The second kappa shape index (κ2) is 5.64. The lowest BCUT2D eigenvalue weighted by molar-refractivity contribution is 0.0689. The molecule has 0 aliphatic carbocycles. The molecule has 1 N–H and O–H groups in total. The summed E-state index contributed by atoms with van der Waals surface area (Å²) >= 11 is 0. The quantitative estimate of drug-likeness (QED) is 0.928. The van der Waals surface area contributed by atoms with E-state index < -0.39 is 17.3 Å². The molecule has 0 radical (unpaired) electrons. The normalized spacial score (nSPS) is 10.6. The maximum absolute atomic E-state index is 13.5. The zero-order valence-electron chi connectivity index (χ0n) is 11.0. The molecule has 0 spiro atoms. The summed E-state index contributed by atoms with van der Waals surface area (Å²) < 4.78 is 18.9. The summed E-state index contributed by atoms with van der Waals surface area (Å²) in [6.07, 6.45) is 1.32. The number of hydrogen-bond acceptors (Lipinski definition) is 4. The van der Waals surface area contributed by atoms with Crippen molar-refractivity contribution in [3.63, 3.8) is 0 Å². The second-order valence-corrected chi connectivity index (χ2v) is 4.46. The van der Waals surface area contributed by atoms with Crippen molar-refractivity contribution in [2.24, 2.45) is 0 Å². The van der Waals surface area contributed by atoms with Crippen molar-refractivity contribution < 1.29 is 19.0 Å². The predicted molar refractivity (Wildman–Crippen MR) is 69.6 cm³/mol. The summed E-state index contributed by atoms with van der Waals surface area (Å²) in [5.41, 5.74) is 0.237. The van der Waals surface area contributed by atoms with Gasteiger partial charge < -0.3 is 9.84 Å². The van der Waals surface area contributed by atoms with E-state index in [2.05, 4.69) is 9.97 Å². The first kappa shape index (κ1) is 13.9. The van der Waals surface area contributed by atoms with E-state index in [4.69, 9.17) is 9.84 Å². The molecule has 0 aliphatic heterocycles. The van der Waals surface area contributed by atoms with Gasteiger partial charge in [-0.2, -0.15) is 0 Å². The number of hydrogen-bond donors (Lipinski definition) is 1. The number of benzene rings is 1. The Bertz CT molecular complexity index is 644. The molecule has 0 unspecified atom stereocenters. The van der Waals surface area contributed by atoms with Crippen molar-refractivity contribution in [2.45, 2.75) is 19.8 Å². The third-order valence-electron chi connectivity index (χ3n) is 2.66. The Balaban J connectivity index is 2.38. The average molecular weight is 276 g/mol. The van der Waals surface area contributed by atoms with E-state index in [0.29, 0.717) is 0 Å². The Labute approximate surface area is 115 Å². The largest absolute Gasteiger partial charge is 0.477 e. The molecule has 0 atom stereocenters. The van der Waals surface area contributed by atoms with Gasteiger partial charge in [-0.05, 0) is 18.1 Å². The van der Waals surface area contributed by atoms with Gasteiger partial charge in [-0.15, -0.1) is 0 Å². The van der Waals surface area contributed by atoms with Gasteiger partial charge in [0, 0.05) is 6.07 Å². The fraction of sp³-hybridized carbons (Fsp3) is 0.214. The third-order valence-corrected chi connectivity index (χ3v) is 2.66. The smallest absolute Gasteiger partial charge is 0.342 e. The molecule has 20 heavy (non-hydrogen) atoms. The van der Waals surface area contributed by atoms with Gasteiger partial charge in [0.15, 0.2) is 0 Å². The van der Waals surface area contributed by atoms with Gasteiger partial charge in [-0.3, -0.25) is 0 Å². The van der Waals surface area contributed by atoms with Crippen LogP contribution in [0.4, 0.5) is 4.39 Å². The van der Waals surface area contributed by atoms with E-state index in [1.165, 1.54) is 18.5 Å². The van der Waals surface area contributed by atoms with E-state index in [9.17, 15) is 9.18 Å². The van der Waals surface area contributed by atoms with Gasteiger partial charge in [-0.25, -0.2) is 19.2 Å². The monoisotopic (exact) mass is 276 g/mol. The van der Waals surface area contributed by atoms with Crippen LogP contribution in [0.15, 0.2) is 30.6 Å². The number of carboxylic acids is 1. The molecular formula is C14H13FN2O3. The Morgan fingerprint density at radius 2 is 2.10 bits per heavy atom. The number of ether oxygens (including phenoxy) is 1. The van der Waals surface area contributed by atoms with E-state index >= 15 is 0 Å². The van der Waals surface area contributed by atoms with Gasteiger partial charge in [0.05, 0.1) is 5.69 Å². The first-order chi connectivity index (χ1) is 9.49. The molecule has 0 fully saturated rings. The van der Waals surface area contributed by atoms with E-state index in [0.717, 1.165) is 11.8 Å². The molecule has 0 aliphatic rings. The minimum atomic E-state index is -1.39. The second-order valence-electron chi connectivity index (χ2n) is 4.46. The first-order valence-corrected chi connectivity index (χ1v) is 6.00. The molecule has 2 aromatic rings. The number of halogens is 1. The van der Waals surface area contributed by atoms with Gasteiger partial charge in [0.2, 0.25) is 5.88 Å². The molecule has 6 heteroatoms. The molecule has 104 valence electrons. The van der Waals surface area contributed by atoms with Gasteiger partial charge in [-0.1, -0.05) is 19.9 Å². The Hall–Kier alpha value is -2.50. The van der Waals surface area contributed by atoms with Crippen LogP contribution in [0.1, 0.15) is 35.8 Å². The highest BCUT2D eigenvalue weighted by molar-refractivity contribution is 5.91. The van der Waals surface area contributed by atoms with Crippen molar-refractivity contribution in [2.75, 3.05) is 0 Å². The van der Waals surface area contributed by atoms with Crippen LogP contribution in [0.2, 0.25) is 0 Å². The number of carboxylic acid groups (broad SMARTS) is 1. The average Bonchev–Trinajstić information content (AvgIpc) is 2.38. The fourth-order valence-corrected chi connectivity index (χ4v) is 1.63. The van der Waals surface area contributed by atoms with E-state index in [1.807, 2.05) is 13.8 Å².